The number of rotatable bonds is 2. The molecule has 1 rings (SSSR count). The van der Waals surface area contributed by atoms with Crippen molar-refractivity contribution in [2.24, 2.45) is 0 Å². The average molecular weight is 262 g/mol. The Hall–Kier alpha value is -0.490. The van der Waals surface area contributed by atoms with Crippen molar-refractivity contribution in [3.05, 3.63) is 23.9 Å². The van der Waals surface area contributed by atoms with Crippen molar-refractivity contribution in [3.63, 3.8) is 0 Å². The third-order valence-electron chi connectivity index (χ3n) is 1.24. The van der Waals surface area contributed by atoms with Crippen molar-refractivity contribution >= 4 is 47.0 Å². The molecule has 1 aromatic heterocycles. The molecule has 1 aromatic rings. The minimum atomic E-state index is -1.15. The minimum absolute atomic E-state index is 0. The standard InChI is InChI=1S/C7H8N2O3.C4H9.Al.Li.3H/c10-4-5-1-2-6(8-3-5)9-7(11)12;1-4(2)3;;;;;/h1-3,10H,4H2,(H,8,9)(H,11,12);1-3H3;;;;;/q;;+3;;3*-1. The molecule has 0 unspecified atom stereocenters. The maximum atomic E-state index is 10.1. The number of aromatic nitrogens is 1. The van der Waals surface area contributed by atoms with Gasteiger partial charge >= 0.3 is 66.0 Å². The van der Waals surface area contributed by atoms with Gasteiger partial charge in [-0.3, -0.25) is 5.32 Å². The Kier molecular flexibility index (Phi) is 10.4. The normalized spacial score (nSPS) is 9.67. The topological polar surface area (TPSA) is 82.5 Å². The van der Waals surface area contributed by atoms with Gasteiger partial charge in [-0.05, 0) is 11.6 Å². The van der Waals surface area contributed by atoms with Gasteiger partial charge in [-0.25, -0.2) is 9.78 Å². The molecule has 7 heteroatoms. The Bertz CT molecular complexity index is 359. The number of aliphatic hydroxyl groups is 1. The zero-order valence-corrected chi connectivity index (χ0v) is 12.4. The Labute approximate surface area is 132 Å². The van der Waals surface area contributed by atoms with Gasteiger partial charge in [0.15, 0.2) is 0 Å². The average Bonchev–Trinajstić information content (AvgIpc) is 2.15. The van der Waals surface area contributed by atoms with E-state index in [-0.39, 0.29) is 34.1 Å². The van der Waals surface area contributed by atoms with E-state index < -0.39 is 6.09 Å². The van der Waals surface area contributed by atoms with Gasteiger partial charge in [-0.15, -0.1) is 0 Å². The quantitative estimate of drug-likeness (QED) is 0.712. The summed E-state index contributed by atoms with van der Waals surface area (Å²) in [6.07, 6.45) is 0.255. The van der Waals surface area contributed by atoms with Gasteiger partial charge in [-0.1, -0.05) is 6.07 Å². The van der Waals surface area contributed by atoms with Crippen LogP contribution in [0.2, 0.25) is 4.09 Å². The van der Waals surface area contributed by atoms with Crippen LogP contribution < -0.4 is 5.32 Å². The van der Waals surface area contributed by atoms with E-state index in [0.717, 1.165) is 0 Å². The van der Waals surface area contributed by atoms with Crippen molar-refractivity contribution in [2.45, 2.75) is 31.5 Å². The summed E-state index contributed by atoms with van der Waals surface area (Å²) in [5.41, 5.74) is 0.644. The number of pyridine rings is 1. The van der Waals surface area contributed by atoms with Crippen LogP contribution in [0.3, 0.4) is 0 Å². The van der Waals surface area contributed by atoms with Gasteiger partial charge in [0.05, 0.1) is 6.61 Å². The summed E-state index contributed by atoms with van der Waals surface area (Å²) < 4.78 is 0.500. The van der Waals surface area contributed by atoms with E-state index in [0.29, 0.717) is 9.65 Å². The van der Waals surface area contributed by atoms with E-state index in [1.807, 2.05) is 0 Å². The van der Waals surface area contributed by atoms with Crippen LogP contribution in [0.1, 0.15) is 30.6 Å². The molecule has 0 aliphatic heterocycles. The fourth-order valence-electron chi connectivity index (χ4n) is 0.702. The first-order valence-corrected chi connectivity index (χ1v) is 5.28. The molecule has 0 saturated carbocycles. The number of carboxylic acid groups (broad SMARTS) is 1. The Morgan fingerprint density at radius 2 is 2.00 bits per heavy atom. The molecule has 0 aliphatic carbocycles. The molecular formula is C11H20AlLiN2O3. The number of aliphatic hydroxyl groups excluding tert-OH is 1. The van der Waals surface area contributed by atoms with Crippen LogP contribution in [0.15, 0.2) is 18.3 Å². The molecule has 1 amide bonds. The molecule has 0 fully saturated rings. The fraction of sp³-hybridized carbons (Fsp3) is 0.455. The molecule has 1 heterocycles. The van der Waals surface area contributed by atoms with Gasteiger partial charge in [0.1, 0.15) is 5.82 Å². The van der Waals surface area contributed by atoms with Crippen LogP contribution in [-0.4, -0.2) is 56.4 Å². The molecule has 5 nitrogen and oxygen atoms in total. The molecule has 0 bridgehead atoms. The molecule has 0 saturated heterocycles. The van der Waals surface area contributed by atoms with E-state index in [2.05, 4.69) is 48.8 Å². The second-order valence-corrected chi connectivity index (χ2v) is 5.14. The fourth-order valence-corrected chi connectivity index (χ4v) is 0.702. The Morgan fingerprint density at radius 3 is 2.28 bits per heavy atom. The van der Waals surface area contributed by atoms with Gasteiger partial charge in [0.2, 0.25) is 0 Å². The van der Waals surface area contributed by atoms with Gasteiger partial charge < -0.3 is 14.5 Å². The summed E-state index contributed by atoms with van der Waals surface area (Å²) in [5, 5.41) is 19.0. The van der Waals surface area contributed by atoms with Crippen LogP contribution >= 0.6 is 0 Å². The summed E-state index contributed by atoms with van der Waals surface area (Å²) in [6, 6.07) is 3.08. The number of hydrogen-bond acceptors (Lipinski definition) is 3. The molecule has 3 N–H and O–H groups in total. The van der Waals surface area contributed by atoms with Gasteiger partial charge in [-0.2, -0.15) is 0 Å². The van der Waals surface area contributed by atoms with Gasteiger partial charge in [0.25, 0.3) is 0 Å². The number of carbonyl (C=O) groups is 1. The summed E-state index contributed by atoms with van der Waals surface area (Å²) in [6.45, 7) is 6.47. The molecule has 0 aromatic carbocycles. The molecule has 0 atom stereocenters. The predicted octanol–water partition coefficient (Wildman–Crippen LogP) is 1.99. The van der Waals surface area contributed by atoms with E-state index in [1.54, 1.807) is 6.07 Å². The number of amides is 1. The maximum absolute atomic E-state index is 10.1. The SMILES string of the molecule is O=C(O)Nc1ccc(CO)cn1.[Al+3].[H-].[H-].[H-].[Li][C](C)(C)C. The van der Waals surface area contributed by atoms with Crippen molar-refractivity contribution in [1.82, 2.24) is 4.98 Å². The summed E-state index contributed by atoms with van der Waals surface area (Å²) >= 11 is 2.19. The first kappa shape index (κ1) is 19.8. The van der Waals surface area contributed by atoms with E-state index in [9.17, 15) is 4.79 Å². The van der Waals surface area contributed by atoms with Gasteiger partial charge in [0, 0.05) is 6.20 Å². The Balaban J connectivity index is -0.0000000844. The first-order chi connectivity index (χ1) is 7.72. The predicted molar refractivity (Wildman–Crippen MR) is 76.4 cm³/mol. The second-order valence-electron chi connectivity index (χ2n) is 5.14. The molecule has 0 radical (unpaired) electrons. The molecule has 0 aliphatic rings. The first-order valence-electron chi connectivity index (χ1n) is 5.28. The van der Waals surface area contributed by atoms with Crippen LogP contribution in [0.4, 0.5) is 10.6 Å². The number of anilines is 1. The van der Waals surface area contributed by atoms with Crippen LogP contribution in [0, 0.1) is 0 Å². The molecule has 0 spiro atoms. The van der Waals surface area contributed by atoms with Crippen LogP contribution in [0.5, 0.6) is 0 Å². The number of nitrogens with zero attached hydrogens (tertiary/aromatic N) is 1. The van der Waals surface area contributed by atoms with E-state index in [1.165, 1.54) is 12.3 Å². The number of nitrogens with one attached hydrogen (secondary N) is 1. The van der Waals surface area contributed by atoms with Crippen LogP contribution in [0.25, 0.3) is 0 Å². The zero-order valence-electron chi connectivity index (χ0n) is 14.3. The van der Waals surface area contributed by atoms with Crippen molar-refractivity contribution in [3.8, 4) is 0 Å². The van der Waals surface area contributed by atoms with Crippen molar-refractivity contribution in [2.75, 3.05) is 5.32 Å². The molecule has 18 heavy (non-hydrogen) atoms. The van der Waals surface area contributed by atoms with Crippen molar-refractivity contribution in [1.29, 1.82) is 0 Å². The van der Waals surface area contributed by atoms with Crippen LogP contribution in [-0.2, 0) is 6.61 Å². The Morgan fingerprint density at radius 1 is 1.50 bits per heavy atom. The van der Waals surface area contributed by atoms with E-state index >= 15 is 0 Å². The third-order valence-corrected chi connectivity index (χ3v) is 1.24. The zero-order chi connectivity index (χ0) is 13.5. The van der Waals surface area contributed by atoms with E-state index in [4.69, 9.17) is 10.2 Å². The third kappa shape index (κ3) is 13.6. The van der Waals surface area contributed by atoms with Crippen molar-refractivity contribution < 1.29 is 19.3 Å². The summed E-state index contributed by atoms with van der Waals surface area (Å²) in [4.78, 5) is 13.9. The molecule has 96 valence electrons. The summed E-state index contributed by atoms with van der Waals surface area (Å²) in [7, 11) is 0. The number of hydrogen-bond donors (Lipinski definition) is 3. The second kappa shape index (κ2) is 9.44. The summed E-state index contributed by atoms with van der Waals surface area (Å²) in [5.74, 6) is 0.250. The monoisotopic (exact) mass is 262 g/mol. The molecular weight excluding hydrogens is 242 g/mol.